The first-order valence-electron chi connectivity index (χ1n) is 8.67. The Morgan fingerprint density at radius 1 is 1.21 bits per heavy atom. The summed E-state index contributed by atoms with van der Waals surface area (Å²) in [5.41, 5.74) is -0.795. The van der Waals surface area contributed by atoms with Gasteiger partial charge in [0.25, 0.3) is 5.56 Å². The summed E-state index contributed by atoms with van der Waals surface area (Å²) in [6.45, 7) is 5.53. The Hall–Kier alpha value is -2.45. The molecule has 0 aliphatic rings. The van der Waals surface area contributed by atoms with Gasteiger partial charge in [-0.2, -0.15) is 0 Å². The summed E-state index contributed by atoms with van der Waals surface area (Å²) in [6, 6.07) is 7.48. The fraction of sp³-hybridized carbons (Fsp3) is 0.250. The Morgan fingerprint density at radius 3 is 2.59 bits per heavy atom. The van der Waals surface area contributed by atoms with Crippen molar-refractivity contribution in [2.45, 2.75) is 31.5 Å². The number of thioether (sulfide) groups is 1. The summed E-state index contributed by atoms with van der Waals surface area (Å²) in [4.78, 5) is 29.7. The molecule has 9 heteroatoms. The highest BCUT2D eigenvalue weighted by atomic mass is 35.5. The molecular formula is C20H18ClF2N3O2S. The standard InChI is InChI=1S/C20H18ClF2N3O2S/c1-20(2,3)25-17(27)10-29-19-24-15-6-4-11(21)8-13(15)18(28)26(19)16-7-5-12(22)9-14(16)23/h4-9H,10H2,1-3H3,(H,25,27). The van der Waals surface area contributed by atoms with Gasteiger partial charge in [-0.05, 0) is 51.1 Å². The monoisotopic (exact) mass is 437 g/mol. The van der Waals surface area contributed by atoms with E-state index in [2.05, 4.69) is 10.3 Å². The van der Waals surface area contributed by atoms with Crippen LogP contribution < -0.4 is 10.9 Å². The number of carbonyl (C=O) groups excluding carboxylic acids is 1. The van der Waals surface area contributed by atoms with Gasteiger partial charge in [0.2, 0.25) is 5.91 Å². The summed E-state index contributed by atoms with van der Waals surface area (Å²) in [7, 11) is 0. The average Bonchev–Trinajstić information content (AvgIpc) is 2.60. The Morgan fingerprint density at radius 2 is 1.93 bits per heavy atom. The SMILES string of the molecule is CC(C)(C)NC(=O)CSc1nc2ccc(Cl)cc2c(=O)n1-c1ccc(F)cc1F. The van der Waals surface area contributed by atoms with Crippen LogP contribution in [0.3, 0.4) is 0 Å². The fourth-order valence-corrected chi connectivity index (χ4v) is 3.67. The molecule has 0 unspecified atom stereocenters. The molecule has 5 nitrogen and oxygen atoms in total. The summed E-state index contributed by atoms with van der Waals surface area (Å²) in [5, 5.41) is 3.43. The topological polar surface area (TPSA) is 64.0 Å². The van der Waals surface area contributed by atoms with E-state index in [-0.39, 0.29) is 27.9 Å². The normalized spacial score (nSPS) is 11.7. The fourth-order valence-electron chi connectivity index (χ4n) is 2.69. The summed E-state index contributed by atoms with van der Waals surface area (Å²) < 4.78 is 28.8. The highest BCUT2D eigenvalue weighted by Gasteiger charge is 2.19. The third-order valence-electron chi connectivity index (χ3n) is 3.80. The number of nitrogens with zero attached hydrogens (tertiary/aromatic N) is 2. The highest BCUT2D eigenvalue weighted by molar-refractivity contribution is 7.99. The van der Waals surface area contributed by atoms with Crippen molar-refractivity contribution >= 4 is 40.2 Å². The van der Waals surface area contributed by atoms with Crippen molar-refractivity contribution in [1.82, 2.24) is 14.9 Å². The van der Waals surface area contributed by atoms with Gasteiger partial charge in [-0.1, -0.05) is 23.4 Å². The lowest BCUT2D eigenvalue weighted by atomic mass is 10.1. The molecule has 0 atom stereocenters. The van der Waals surface area contributed by atoms with Crippen molar-refractivity contribution in [2.24, 2.45) is 0 Å². The number of nitrogens with one attached hydrogen (secondary N) is 1. The quantitative estimate of drug-likeness (QED) is 0.487. The van der Waals surface area contributed by atoms with Crippen LogP contribution in [-0.2, 0) is 4.79 Å². The lowest BCUT2D eigenvalue weighted by Crippen LogP contribution is -2.41. The molecule has 1 amide bonds. The number of hydrogen-bond acceptors (Lipinski definition) is 4. The smallest absolute Gasteiger partial charge is 0.266 e. The van der Waals surface area contributed by atoms with E-state index in [9.17, 15) is 18.4 Å². The second-order valence-corrected chi connectivity index (χ2v) is 8.76. The minimum absolute atomic E-state index is 0.0361. The van der Waals surface area contributed by atoms with Crippen molar-refractivity contribution < 1.29 is 13.6 Å². The lowest BCUT2D eigenvalue weighted by molar-refractivity contribution is -0.119. The van der Waals surface area contributed by atoms with Crippen molar-refractivity contribution in [3.05, 3.63) is 63.4 Å². The minimum Gasteiger partial charge on any atom is -0.351 e. The predicted octanol–water partition coefficient (Wildman–Crippen LogP) is 4.32. The molecule has 3 aromatic rings. The maximum absolute atomic E-state index is 14.5. The molecule has 1 N–H and O–H groups in total. The molecule has 0 aliphatic carbocycles. The first-order chi connectivity index (χ1) is 13.5. The van der Waals surface area contributed by atoms with E-state index in [0.717, 1.165) is 28.5 Å². The molecule has 0 fully saturated rings. The van der Waals surface area contributed by atoms with Crippen LogP contribution in [0.25, 0.3) is 16.6 Å². The van der Waals surface area contributed by atoms with Crippen LogP contribution in [0.15, 0.2) is 46.3 Å². The number of fused-ring (bicyclic) bond motifs is 1. The first-order valence-corrected chi connectivity index (χ1v) is 10.0. The molecule has 1 aromatic heterocycles. The van der Waals surface area contributed by atoms with Gasteiger partial charge >= 0.3 is 0 Å². The summed E-state index contributed by atoms with van der Waals surface area (Å²) in [5.74, 6) is -1.99. The third-order valence-corrected chi connectivity index (χ3v) is 4.97. The zero-order chi connectivity index (χ0) is 21.3. The van der Waals surface area contributed by atoms with Crippen LogP contribution in [0.1, 0.15) is 20.8 Å². The van der Waals surface area contributed by atoms with E-state index < -0.39 is 22.7 Å². The van der Waals surface area contributed by atoms with E-state index in [4.69, 9.17) is 11.6 Å². The predicted molar refractivity (Wildman–Crippen MR) is 111 cm³/mol. The zero-order valence-electron chi connectivity index (χ0n) is 15.9. The van der Waals surface area contributed by atoms with Crippen molar-refractivity contribution in [3.8, 4) is 5.69 Å². The second-order valence-electron chi connectivity index (χ2n) is 7.38. The number of halogens is 3. The number of aromatic nitrogens is 2. The summed E-state index contributed by atoms with van der Waals surface area (Å²) in [6.07, 6.45) is 0. The Labute approximate surface area is 175 Å². The number of hydrogen-bond donors (Lipinski definition) is 1. The highest BCUT2D eigenvalue weighted by Crippen LogP contribution is 2.24. The molecule has 29 heavy (non-hydrogen) atoms. The van der Waals surface area contributed by atoms with Crippen LogP contribution >= 0.6 is 23.4 Å². The molecule has 0 saturated heterocycles. The van der Waals surface area contributed by atoms with E-state index in [1.165, 1.54) is 6.07 Å². The van der Waals surface area contributed by atoms with Gasteiger partial charge in [-0.15, -0.1) is 0 Å². The molecule has 0 bridgehead atoms. The Kier molecular flexibility index (Phi) is 5.95. The Balaban J connectivity index is 2.13. The first kappa shape index (κ1) is 21.3. The van der Waals surface area contributed by atoms with E-state index in [1.54, 1.807) is 12.1 Å². The van der Waals surface area contributed by atoms with Crippen molar-refractivity contribution in [1.29, 1.82) is 0 Å². The van der Waals surface area contributed by atoms with Crippen LogP contribution in [0.4, 0.5) is 8.78 Å². The molecule has 3 rings (SSSR count). The number of rotatable bonds is 4. The maximum atomic E-state index is 14.5. The lowest BCUT2D eigenvalue weighted by Gasteiger charge is -2.20. The van der Waals surface area contributed by atoms with Crippen molar-refractivity contribution in [2.75, 3.05) is 5.75 Å². The number of benzene rings is 2. The van der Waals surface area contributed by atoms with Gasteiger partial charge in [0.15, 0.2) is 5.16 Å². The summed E-state index contributed by atoms with van der Waals surface area (Å²) >= 11 is 6.97. The molecule has 2 aromatic carbocycles. The van der Waals surface area contributed by atoms with Gasteiger partial charge in [-0.25, -0.2) is 13.8 Å². The van der Waals surface area contributed by atoms with Crippen LogP contribution in [0, 0.1) is 11.6 Å². The molecule has 1 heterocycles. The molecular weight excluding hydrogens is 420 g/mol. The van der Waals surface area contributed by atoms with Gasteiger partial charge in [-0.3, -0.25) is 14.2 Å². The molecule has 0 aliphatic heterocycles. The molecule has 0 radical (unpaired) electrons. The zero-order valence-corrected chi connectivity index (χ0v) is 17.5. The number of amides is 1. The van der Waals surface area contributed by atoms with Crippen LogP contribution in [0.5, 0.6) is 0 Å². The van der Waals surface area contributed by atoms with Gasteiger partial charge < -0.3 is 5.32 Å². The largest absolute Gasteiger partial charge is 0.351 e. The van der Waals surface area contributed by atoms with Crippen LogP contribution in [-0.4, -0.2) is 26.8 Å². The third kappa shape index (κ3) is 4.94. The van der Waals surface area contributed by atoms with Gasteiger partial charge in [0.05, 0.1) is 22.3 Å². The number of carbonyl (C=O) groups is 1. The molecule has 152 valence electrons. The van der Waals surface area contributed by atoms with E-state index in [1.807, 2.05) is 20.8 Å². The Bertz CT molecular complexity index is 1160. The molecule has 0 saturated carbocycles. The minimum atomic E-state index is -0.920. The van der Waals surface area contributed by atoms with E-state index >= 15 is 0 Å². The molecule has 0 spiro atoms. The van der Waals surface area contributed by atoms with Crippen LogP contribution in [0.2, 0.25) is 5.02 Å². The van der Waals surface area contributed by atoms with Crippen molar-refractivity contribution in [3.63, 3.8) is 0 Å². The van der Waals surface area contributed by atoms with Gasteiger partial charge in [0, 0.05) is 16.6 Å². The second kappa shape index (κ2) is 8.12. The van der Waals surface area contributed by atoms with Gasteiger partial charge in [0.1, 0.15) is 11.6 Å². The average molecular weight is 438 g/mol. The van der Waals surface area contributed by atoms with E-state index in [0.29, 0.717) is 16.6 Å². The maximum Gasteiger partial charge on any atom is 0.266 e.